The summed E-state index contributed by atoms with van der Waals surface area (Å²) in [5.41, 5.74) is 1.72. The van der Waals surface area contributed by atoms with Crippen LogP contribution in [0, 0.1) is 0 Å². The first-order valence-corrected chi connectivity index (χ1v) is 7.39. The van der Waals surface area contributed by atoms with Crippen molar-refractivity contribution in [1.82, 2.24) is 15.2 Å². The Morgan fingerprint density at radius 3 is 2.74 bits per heavy atom. The number of aromatic nitrogens is 1. The number of nitrogens with one attached hydrogen (secondary N) is 1. The zero-order chi connectivity index (χ0) is 16.1. The number of rotatable bonds is 5. The third-order valence-corrected chi connectivity index (χ3v) is 3.65. The molecule has 1 aliphatic rings. The molecule has 0 spiro atoms. The van der Waals surface area contributed by atoms with Crippen molar-refractivity contribution in [3.8, 4) is 0 Å². The summed E-state index contributed by atoms with van der Waals surface area (Å²) < 4.78 is 5.02. The molecule has 6 nitrogen and oxygen atoms in total. The van der Waals surface area contributed by atoms with Crippen molar-refractivity contribution in [1.29, 1.82) is 0 Å². The van der Waals surface area contributed by atoms with Crippen LogP contribution < -0.4 is 5.32 Å². The fraction of sp³-hybridized carbons (Fsp3) is 0.235. The van der Waals surface area contributed by atoms with Crippen molar-refractivity contribution in [2.24, 2.45) is 0 Å². The summed E-state index contributed by atoms with van der Waals surface area (Å²) in [6.07, 6.45) is 1.16. The number of benzene rings is 1. The molecule has 0 bridgehead atoms. The van der Waals surface area contributed by atoms with Gasteiger partial charge in [-0.2, -0.15) is 0 Å². The van der Waals surface area contributed by atoms with Gasteiger partial charge in [0.2, 0.25) is 5.91 Å². The van der Waals surface area contributed by atoms with Gasteiger partial charge >= 0.3 is 6.09 Å². The molecule has 0 saturated carbocycles. The molecule has 0 radical (unpaired) electrons. The highest BCUT2D eigenvalue weighted by Crippen LogP contribution is 2.16. The van der Waals surface area contributed by atoms with Gasteiger partial charge in [0.1, 0.15) is 12.6 Å². The van der Waals surface area contributed by atoms with Crippen molar-refractivity contribution in [2.45, 2.75) is 19.1 Å². The molecule has 23 heavy (non-hydrogen) atoms. The maximum absolute atomic E-state index is 12.4. The van der Waals surface area contributed by atoms with E-state index in [1.54, 1.807) is 12.3 Å². The molecule has 1 aromatic carbocycles. The molecule has 0 unspecified atom stereocenters. The highest BCUT2D eigenvalue weighted by atomic mass is 16.6. The van der Waals surface area contributed by atoms with Crippen LogP contribution in [0.4, 0.5) is 4.79 Å². The van der Waals surface area contributed by atoms with Gasteiger partial charge in [-0.3, -0.25) is 14.7 Å². The van der Waals surface area contributed by atoms with Gasteiger partial charge in [0.15, 0.2) is 0 Å². The molecular formula is C17H17N3O3. The number of cyclic esters (lactones) is 1. The molecule has 1 aliphatic heterocycles. The minimum absolute atomic E-state index is 0.0618. The first kappa shape index (κ1) is 15.0. The predicted octanol–water partition coefficient (Wildman–Crippen LogP) is 1.72. The van der Waals surface area contributed by atoms with Crippen LogP contribution in [-0.4, -0.2) is 34.5 Å². The van der Waals surface area contributed by atoms with Crippen LogP contribution in [0.3, 0.4) is 0 Å². The molecule has 1 atom stereocenters. The second-order valence-electron chi connectivity index (χ2n) is 5.25. The summed E-state index contributed by atoms with van der Waals surface area (Å²) >= 11 is 0. The molecule has 2 heterocycles. The quantitative estimate of drug-likeness (QED) is 0.912. The number of carbonyl (C=O) groups excluding carboxylic acids is 2. The first-order chi connectivity index (χ1) is 11.2. The van der Waals surface area contributed by atoms with Gasteiger partial charge in [-0.05, 0) is 17.7 Å². The third-order valence-electron chi connectivity index (χ3n) is 3.65. The summed E-state index contributed by atoms with van der Waals surface area (Å²) in [5, 5.41) is 2.84. The number of nitrogens with zero attached hydrogens (tertiary/aromatic N) is 2. The lowest BCUT2D eigenvalue weighted by atomic mass is 10.2. The minimum Gasteiger partial charge on any atom is -0.447 e. The van der Waals surface area contributed by atoms with Gasteiger partial charge in [0, 0.05) is 12.7 Å². The van der Waals surface area contributed by atoms with E-state index >= 15 is 0 Å². The van der Waals surface area contributed by atoms with E-state index < -0.39 is 12.1 Å². The third kappa shape index (κ3) is 3.66. The van der Waals surface area contributed by atoms with Crippen LogP contribution in [0.15, 0.2) is 54.7 Å². The van der Waals surface area contributed by atoms with Gasteiger partial charge in [0.05, 0.1) is 12.2 Å². The van der Waals surface area contributed by atoms with E-state index in [9.17, 15) is 9.59 Å². The second-order valence-corrected chi connectivity index (χ2v) is 5.25. The van der Waals surface area contributed by atoms with Crippen molar-refractivity contribution >= 4 is 12.0 Å². The molecule has 1 N–H and O–H groups in total. The Hall–Kier alpha value is -2.89. The molecule has 0 aliphatic carbocycles. The lowest BCUT2D eigenvalue weighted by Gasteiger charge is -2.20. The number of carbonyl (C=O) groups is 2. The molecule has 2 aromatic rings. The number of hydrogen-bond acceptors (Lipinski definition) is 4. The second kappa shape index (κ2) is 6.91. The van der Waals surface area contributed by atoms with Gasteiger partial charge in [-0.25, -0.2) is 4.79 Å². The molecule has 1 fully saturated rings. The smallest absolute Gasteiger partial charge is 0.411 e. The summed E-state index contributed by atoms with van der Waals surface area (Å²) in [5.74, 6) is -0.226. The van der Waals surface area contributed by atoms with E-state index in [2.05, 4.69) is 10.3 Å². The zero-order valence-corrected chi connectivity index (χ0v) is 12.5. The maximum Gasteiger partial charge on any atom is 0.411 e. The fourth-order valence-electron chi connectivity index (χ4n) is 2.41. The molecule has 1 aromatic heterocycles. The van der Waals surface area contributed by atoms with Gasteiger partial charge in [-0.1, -0.05) is 36.4 Å². The Labute approximate surface area is 134 Å². The van der Waals surface area contributed by atoms with Gasteiger partial charge in [-0.15, -0.1) is 0 Å². The largest absolute Gasteiger partial charge is 0.447 e. The fourth-order valence-corrected chi connectivity index (χ4v) is 2.41. The number of amides is 2. The highest BCUT2D eigenvalue weighted by molar-refractivity contribution is 5.87. The first-order valence-electron chi connectivity index (χ1n) is 7.39. The average Bonchev–Trinajstić information content (AvgIpc) is 2.95. The SMILES string of the molecule is O=C(NCc1ccccc1)[C@@H]1COC(=O)N1Cc1ccccn1. The van der Waals surface area contributed by atoms with Crippen LogP contribution in [0.5, 0.6) is 0 Å². The van der Waals surface area contributed by atoms with Crippen molar-refractivity contribution < 1.29 is 14.3 Å². The summed E-state index contributed by atoms with van der Waals surface area (Å²) in [6.45, 7) is 0.733. The number of ether oxygens (including phenoxy) is 1. The van der Waals surface area contributed by atoms with Crippen LogP contribution in [0.25, 0.3) is 0 Å². The van der Waals surface area contributed by atoms with Crippen molar-refractivity contribution in [2.75, 3.05) is 6.61 Å². The van der Waals surface area contributed by atoms with Crippen LogP contribution in [-0.2, 0) is 22.6 Å². The Morgan fingerprint density at radius 1 is 1.22 bits per heavy atom. The lowest BCUT2D eigenvalue weighted by molar-refractivity contribution is -0.125. The van der Waals surface area contributed by atoms with E-state index in [0.717, 1.165) is 5.56 Å². The summed E-state index contributed by atoms with van der Waals surface area (Å²) in [7, 11) is 0. The highest BCUT2D eigenvalue weighted by Gasteiger charge is 2.38. The number of pyridine rings is 1. The molecule has 1 saturated heterocycles. The van der Waals surface area contributed by atoms with E-state index in [1.165, 1.54) is 4.90 Å². The Bertz CT molecular complexity index is 676. The van der Waals surface area contributed by atoms with Crippen LogP contribution >= 0.6 is 0 Å². The minimum atomic E-state index is -0.631. The van der Waals surface area contributed by atoms with Crippen molar-refractivity contribution in [3.05, 3.63) is 66.0 Å². The average molecular weight is 311 g/mol. The molecule has 6 heteroatoms. The topological polar surface area (TPSA) is 71.5 Å². The molecule has 2 amide bonds. The number of hydrogen-bond donors (Lipinski definition) is 1. The Balaban J connectivity index is 1.63. The standard InChI is InChI=1S/C17H17N3O3/c21-16(19-10-13-6-2-1-3-7-13)15-12-23-17(22)20(15)11-14-8-4-5-9-18-14/h1-9,15H,10-12H2,(H,19,21)/t15-/m0/s1. The van der Waals surface area contributed by atoms with E-state index in [0.29, 0.717) is 12.2 Å². The summed E-state index contributed by atoms with van der Waals surface area (Å²) in [6, 6.07) is 14.4. The molecule has 118 valence electrons. The Kier molecular flexibility index (Phi) is 4.52. The predicted molar refractivity (Wildman–Crippen MR) is 83.2 cm³/mol. The maximum atomic E-state index is 12.4. The monoisotopic (exact) mass is 311 g/mol. The van der Waals surface area contributed by atoms with E-state index in [4.69, 9.17) is 4.74 Å². The van der Waals surface area contributed by atoms with Gasteiger partial charge in [0.25, 0.3) is 0 Å². The van der Waals surface area contributed by atoms with E-state index in [-0.39, 0.29) is 19.1 Å². The zero-order valence-electron chi connectivity index (χ0n) is 12.5. The van der Waals surface area contributed by atoms with E-state index in [1.807, 2.05) is 42.5 Å². The lowest BCUT2D eigenvalue weighted by Crippen LogP contribution is -2.45. The molecule has 3 rings (SSSR count). The van der Waals surface area contributed by atoms with Crippen molar-refractivity contribution in [3.63, 3.8) is 0 Å². The summed E-state index contributed by atoms with van der Waals surface area (Å²) in [4.78, 5) is 29.8. The van der Waals surface area contributed by atoms with Crippen LogP contribution in [0.2, 0.25) is 0 Å². The van der Waals surface area contributed by atoms with Gasteiger partial charge < -0.3 is 10.1 Å². The Morgan fingerprint density at radius 2 is 2.00 bits per heavy atom. The normalized spacial score (nSPS) is 17.0. The molecular weight excluding hydrogens is 294 g/mol. The van der Waals surface area contributed by atoms with Crippen LogP contribution in [0.1, 0.15) is 11.3 Å².